The average molecular weight is 250 g/mol. The summed E-state index contributed by atoms with van der Waals surface area (Å²) >= 11 is 0. The van der Waals surface area contributed by atoms with Crippen molar-refractivity contribution >= 4 is 7.12 Å². The van der Waals surface area contributed by atoms with Crippen molar-refractivity contribution in [1.82, 2.24) is 0 Å². The third-order valence-electron chi connectivity index (χ3n) is 4.59. The Morgan fingerprint density at radius 3 is 2.00 bits per heavy atom. The van der Waals surface area contributed by atoms with Gasteiger partial charge in [0.15, 0.2) is 0 Å². The van der Waals surface area contributed by atoms with E-state index in [1.54, 1.807) is 0 Å². The second kappa shape index (κ2) is 4.11. The zero-order valence-electron chi connectivity index (χ0n) is 13.0. The fourth-order valence-corrected chi connectivity index (χ4v) is 3.15. The molecular formula is C15H27BO2. The van der Waals surface area contributed by atoms with Crippen LogP contribution in [0.3, 0.4) is 0 Å². The molecule has 3 heteroatoms. The van der Waals surface area contributed by atoms with Crippen LogP contribution in [-0.4, -0.2) is 18.3 Å². The van der Waals surface area contributed by atoms with E-state index in [1.807, 2.05) is 0 Å². The minimum Gasteiger partial charge on any atom is -0.400 e. The first-order valence-corrected chi connectivity index (χ1v) is 7.10. The molecular weight excluding hydrogens is 223 g/mol. The predicted octanol–water partition coefficient (Wildman–Crippen LogP) is 4.00. The van der Waals surface area contributed by atoms with Crippen LogP contribution in [0.25, 0.3) is 0 Å². The fourth-order valence-electron chi connectivity index (χ4n) is 3.15. The molecule has 0 aromatic heterocycles. The van der Waals surface area contributed by atoms with Gasteiger partial charge in [-0.05, 0) is 57.3 Å². The molecule has 1 aliphatic heterocycles. The standard InChI is InChI=1S/C15H27BO2/c1-11-8-12(10-13(2,3)9-11)16-17-14(4,5)15(6,7)18-16/h10-11H,8-9H2,1-7H3/t11-/m0/s1. The lowest BCUT2D eigenvalue weighted by Crippen LogP contribution is -2.41. The van der Waals surface area contributed by atoms with E-state index in [0.717, 1.165) is 6.42 Å². The van der Waals surface area contributed by atoms with Gasteiger partial charge < -0.3 is 9.31 Å². The second-order valence-electron chi connectivity index (χ2n) is 7.81. The average Bonchev–Trinajstić information content (AvgIpc) is 2.32. The van der Waals surface area contributed by atoms with E-state index in [1.165, 1.54) is 11.9 Å². The van der Waals surface area contributed by atoms with Gasteiger partial charge in [-0.15, -0.1) is 0 Å². The van der Waals surface area contributed by atoms with E-state index in [2.05, 4.69) is 54.5 Å². The molecule has 0 saturated carbocycles. The van der Waals surface area contributed by atoms with Gasteiger partial charge in [0, 0.05) is 0 Å². The fraction of sp³-hybridized carbons (Fsp3) is 0.867. The van der Waals surface area contributed by atoms with E-state index >= 15 is 0 Å². The topological polar surface area (TPSA) is 18.5 Å². The van der Waals surface area contributed by atoms with Crippen LogP contribution in [0.15, 0.2) is 11.5 Å². The SMILES string of the molecule is C[C@H]1CC(B2OC(C)(C)C(C)(C)O2)=CC(C)(C)C1. The van der Waals surface area contributed by atoms with Crippen molar-refractivity contribution < 1.29 is 9.31 Å². The van der Waals surface area contributed by atoms with Gasteiger partial charge in [0.1, 0.15) is 0 Å². The molecule has 0 bridgehead atoms. The lowest BCUT2D eigenvalue weighted by Gasteiger charge is -2.32. The molecule has 0 amide bonds. The van der Waals surface area contributed by atoms with Crippen LogP contribution in [-0.2, 0) is 9.31 Å². The monoisotopic (exact) mass is 250 g/mol. The third-order valence-corrected chi connectivity index (χ3v) is 4.59. The Kier molecular flexibility index (Phi) is 3.23. The zero-order chi connectivity index (χ0) is 13.8. The Hall–Kier alpha value is -0.275. The van der Waals surface area contributed by atoms with Crippen LogP contribution in [0.2, 0.25) is 0 Å². The Morgan fingerprint density at radius 1 is 1.06 bits per heavy atom. The van der Waals surface area contributed by atoms with Crippen LogP contribution in [0.1, 0.15) is 61.3 Å². The molecule has 0 radical (unpaired) electrons. The molecule has 1 saturated heterocycles. The second-order valence-corrected chi connectivity index (χ2v) is 7.81. The van der Waals surface area contributed by atoms with Gasteiger partial charge in [0.2, 0.25) is 0 Å². The molecule has 1 atom stereocenters. The first kappa shape index (κ1) is 14.1. The Bertz CT molecular complexity index is 353. The molecule has 2 rings (SSSR count). The van der Waals surface area contributed by atoms with Crippen molar-refractivity contribution in [2.75, 3.05) is 0 Å². The van der Waals surface area contributed by atoms with Crippen LogP contribution in [0.5, 0.6) is 0 Å². The first-order chi connectivity index (χ1) is 8.02. The van der Waals surface area contributed by atoms with Crippen LogP contribution >= 0.6 is 0 Å². The molecule has 1 fully saturated rings. The van der Waals surface area contributed by atoms with Crippen LogP contribution in [0.4, 0.5) is 0 Å². The number of allylic oxidation sites excluding steroid dienone is 2. The first-order valence-electron chi connectivity index (χ1n) is 7.10. The maximum Gasteiger partial charge on any atom is 0.490 e. The highest BCUT2D eigenvalue weighted by atomic mass is 16.7. The molecule has 0 spiro atoms. The zero-order valence-corrected chi connectivity index (χ0v) is 13.0. The third kappa shape index (κ3) is 2.53. The summed E-state index contributed by atoms with van der Waals surface area (Å²) in [4.78, 5) is 0. The lowest BCUT2D eigenvalue weighted by atomic mass is 9.64. The molecule has 102 valence electrons. The Labute approximate surface area is 112 Å². The van der Waals surface area contributed by atoms with Gasteiger partial charge in [-0.3, -0.25) is 0 Å². The van der Waals surface area contributed by atoms with Crippen LogP contribution < -0.4 is 0 Å². The number of hydrogen-bond donors (Lipinski definition) is 0. The van der Waals surface area contributed by atoms with E-state index < -0.39 is 0 Å². The van der Waals surface area contributed by atoms with Crippen LogP contribution in [0, 0.1) is 11.3 Å². The highest BCUT2D eigenvalue weighted by Gasteiger charge is 2.53. The molecule has 1 aliphatic carbocycles. The van der Waals surface area contributed by atoms with Gasteiger partial charge in [0.25, 0.3) is 0 Å². The molecule has 2 aliphatic rings. The summed E-state index contributed by atoms with van der Waals surface area (Å²) < 4.78 is 12.3. The highest BCUT2D eigenvalue weighted by Crippen LogP contribution is 2.43. The summed E-state index contributed by atoms with van der Waals surface area (Å²) in [6.45, 7) is 15.4. The van der Waals surface area contributed by atoms with Gasteiger partial charge in [-0.2, -0.15) is 0 Å². The molecule has 0 N–H and O–H groups in total. The van der Waals surface area contributed by atoms with Crippen molar-refractivity contribution in [3.05, 3.63) is 11.5 Å². The number of rotatable bonds is 1. The predicted molar refractivity (Wildman–Crippen MR) is 76.3 cm³/mol. The van der Waals surface area contributed by atoms with Gasteiger partial charge >= 0.3 is 7.12 Å². The maximum atomic E-state index is 6.15. The molecule has 0 aromatic carbocycles. The number of hydrogen-bond acceptors (Lipinski definition) is 2. The molecule has 2 nitrogen and oxygen atoms in total. The molecule has 0 unspecified atom stereocenters. The van der Waals surface area contributed by atoms with E-state index in [-0.39, 0.29) is 23.7 Å². The van der Waals surface area contributed by atoms with Crippen molar-refractivity contribution in [2.24, 2.45) is 11.3 Å². The summed E-state index contributed by atoms with van der Waals surface area (Å²) in [5.74, 6) is 0.707. The Morgan fingerprint density at radius 2 is 1.56 bits per heavy atom. The van der Waals surface area contributed by atoms with Gasteiger partial charge in [-0.25, -0.2) is 0 Å². The minimum atomic E-state index is -0.233. The van der Waals surface area contributed by atoms with Crippen molar-refractivity contribution in [3.8, 4) is 0 Å². The summed E-state index contributed by atoms with van der Waals surface area (Å²) in [7, 11) is -0.156. The molecule has 18 heavy (non-hydrogen) atoms. The summed E-state index contributed by atoms with van der Waals surface area (Å²) in [5.41, 5.74) is 1.13. The van der Waals surface area contributed by atoms with Crippen molar-refractivity contribution in [1.29, 1.82) is 0 Å². The normalized spacial score (nSPS) is 33.4. The van der Waals surface area contributed by atoms with E-state index in [4.69, 9.17) is 9.31 Å². The summed E-state index contributed by atoms with van der Waals surface area (Å²) in [6, 6.07) is 0. The largest absolute Gasteiger partial charge is 0.490 e. The quantitative estimate of drug-likeness (QED) is 0.655. The van der Waals surface area contributed by atoms with Gasteiger partial charge in [-0.1, -0.05) is 26.8 Å². The summed E-state index contributed by atoms with van der Waals surface area (Å²) in [5, 5.41) is 0. The molecule has 1 heterocycles. The van der Waals surface area contributed by atoms with Crippen molar-refractivity contribution in [2.45, 2.75) is 72.5 Å². The Balaban J connectivity index is 2.22. The molecule has 0 aromatic rings. The highest BCUT2D eigenvalue weighted by molar-refractivity contribution is 6.54. The van der Waals surface area contributed by atoms with Crippen molar-refractivity contribution in [3.63, 3.8) is 0 Å². The summed E-state index contributed by atoms with van der Waals surface area (Å²) in [6.07, 6.45) is 4.71. The minimum absolute atomic E-state index is 0.156. The smallest absolute Gasteiger partial charge is 0.400 e. The lowest BCUT2D eigenvalue weighted by molar-refractivity contribution is 0.00578. The van der Waals surface area contributed by atoms with E-state index in [9.17, 15) is 0 Å². The van der Waals surface area contributed by atoms with E-state index in [0.29, 0.717) is 5.92 Å². The maximum absolute atomic E-state index is 6.15. The van der Waals surface area contributed by atoms with Gasteiger partial charge in [0.05, 0.1) is 11.2 Å².